The van der Waals surface area contributed by atoms with Crippen molar-refractivity contribution in [1.82, 2.24) is 0 Å². The molecule has 0 heterocycles. The Balaban J connectivity index is 3.27. The van der Waals surface area contributed by atoms with E-state index in [4.69, 9.17) is 4.84 Å². The number of carbonyl (C=O) groups is 1. The summed E-state index contributed by atoms with van der Waals surface area (Å²) in [5.74, 6) is 0. The lowest BCUT2D eigenvalue weighted by Crippen LogP contribution is -1.96. The number of hydrogen-bond acceptors (Lipinski definition) is 3. The zero-order valence-electron chi connectivity index (χ0n) is 9.29. The van der Waals surface area contributed by atoms with Crippen LogP contribution in [-0.2, 0) is 9.63 Å². The Morgan fingerprint density at radius 2 is 1.93 bits per heavy atom. The second-order valence-corrected chi connectivity index (χ2v) is 3.21. The van der Waals surface area contributed by atoms with Gasteiger partial charge in [0.1, 0.15) is 12.9 Å². The normalized spacial score (nSPS) is 9.57. The molecule has 14 heavy (non-hydrogen) atoms. The fourth-order valence-electron chi connectivity index (χ4n) is 1.09. The van der Waals surface area contributed by atoms with Crippen molar-refractivity contribution in [1.29, 1.82) is 0 Å². The van der Waals surface area contributed by atoms with Crippen molar-refractivity contribution in [3.8, 4) is 0 Å². The zero-order chi connectivity index (χ0) is 10.6. The number of rotatable bonds is 9. The molecular formula is C11H21NO2. The van der Waals surface area contributed by atoms with E-state index in [1.54, 1.807) is 0 Å². The van der Waals surface area contributed by atoms with E-state index in [9.17, 15) is 4.79 Å². The number of aldehydes is 1. The molecular weight excluding hydrogens is 178 g/mol. The molecule has 0 saturated carbocycles. The first kappa shape index (κ1) is 13.1. The van der Waals surface area contributed by atoms with Gasteiger partial charge in [-0.15, -0.1) is 0 Å². The lowest BCUT2D eigenvalue weighted by atomic mass is 10.2. The Morgan fingerprint density at radius 3 is 2.50 bits per heavy atom. The van der Waals surface area contributed by atoms with Crippen LogP contribution in [0.1, 0.15) is 52.4 Å². The van der Waals surface area contributed by atoms with Gasteiger partial charge >= 0.3 is 0 Å². The number of oxime groups is 1. The van der Waals surface area contributed by atoms with Gasteiger partial charge in [-0.3, -0.25) is 0 Å². The van der Waals surface area contributed by atoms with Crippen LogP contribution in [0.15, 0.2) is 5.16 Å². The molecule has 0 spiro atoms. The van der Waals surface area contributed by atoms with Gasteiger partial charge in [0, 0.05) is 6.42 Å². The van der Waals surface area contributed by atoms with Gasteiger partial charge < -0.3 is 9.63 Å². The Labute approximate surface area is 86.5 Å². The molecule has 0 aliphatic carbocycles. The number of nitrogens with zero attached hydrogens (tertiary/aromatic N) is 1. The predicted octanol–water partition coefficient (Wildman–Crippen LogP) is 2.94. The lowest BCUT2D eigenvalue weighted by Gasteiger charge is -2.01. The van der Waals surface area contributed by atoms with Gasteiger partial charge in [-0.1, -0.05) is 19.0 Å². The quantitative estimate of drug-likeness (QED) is 0.248. The smallest absolute Gasteiger partial charge is 0.119 e. The van der Waals surface area contributed by atoms with Gasteiger partial charge in [0.25, 0.3) is 0 Å². The van der Waals surface area contributed by atoms with Crippen LogP contribution < -0.4 is 0 Å². The molecule has 3 nitrogen and oxygen atoms in total. The second-order valence-electron chi connectivity index (χ2n) is 3.21. The van der Waals surface area contributed by atoms with Crippen LogP contribution in [0.25, 0.3) is 0 Å². The summed E-state index contributed by atoms with van der Waals surface area (Å²) < 4.78 is 0. The van der Waals surface area contributed by atoms with Crippen LogP contribution in [0.5, 0.6) is 0 Å². The molecule has 0 aromatic carbocycles. The third-order valence-electron chi connectivity index (χ3n) is 2.07. The highest BCUT2D eigenvalue weighted by Gasteiger charge is 1.92. The van der Waals surface area contributed by atoms with E-state index in [2.05, 4.69) is 19.0 Å². The molecule has 0 unspecified atom stereocenters. The van der Waals surface area contributed by atoms with Crippen LogP contribution in [0.4, 0.5) is 0 Å². The van der Waals surface area contributed by atoms with Crippen LogP contribution in [0.2, 0.25) is 0 Å². The first-order chi connectivity index (χ1) is 6.85. The summed E-state index contributed by atoms with van der Waals surface area (Å²) >= 11 is 0. The summed E-state index contributed by atoms with van der Waals surface area (Å²) in [5.41, 5.74) is 1.11. The van der Waals surface area contributed by atoms with Gasteiger partial charge in [0.2, 0.25) is 0 Å². The van der Waals surface area contributed by atoms with Gasteiger partial charge in [-0.2, -0.15) is 0 Å². The molecule has 0 bridgehead atoms. The minimum atomic E-state index is 0.665. The summed E-state index contributed by atoms with van der Waals surface area (Å²) in [6.45, 7) is 4.83. The minimum absolute atomic E-state index is 0.665. The standard InChI is InChI=1S/C11H21NO2/c1-3-11(4-2)12-14-10-8-6-5-7-9-13/h9H,3-8,10H2,1-2H3. The van der Waals surface area contributed by atoms with E-state index >= 15 is 0 Å². The molecule has 0 fully saturated rings. The average Bonchev–Trinajstić information content (AvgIpc) is 2.22. The van der Waals surface area contributed by atoms with E-state index in [0.717, 1.165) is 44.1 Å². The van der Waals surface area contributed by atoms with Gasteiger partial charge in [-0.05, 0) is 32.1 Å². The first-order valence-corrected chi connectivity index (χ1v) is 5.46. The molecule has 0 N–H and O–H groups in total. The summed E-state index contributed by atoms with van der Waals surface area (Å²) in [6.07, 6.45) is 6.54. The van der Waals surface area contributed by atoms with Crippen molar-refractivity contribution < 1.29 is 9.63 Å². The van der Waals surface area contributed by atoms with E-state index in [1.807, 2.05) is 0 Å². The first-order valence-electron chi connectivity index (χ1n) is 5.46. The Bertz CT molecular complexity index is 161. The summed E-state index contributed by atoms with van der Waals surface area (Å²) in [6, 6.07) is 0. The van der Waals surface area contributed by atoms with Crippen LogP contribution in [0.3, 0.4) is 0 Å². The summed E-state index contributed by atoms with van der Waals surface area (Å²) in [7, 11) is 0. The monoisotopic (exact) mass is 199 g/mol. The molecule has 0 amide bonds. The molecule has 0 aliphatic heterocycles. The topological polar surface area (TPSA) is 38.7 Å². The Kier molecular flexibility index (Phi) is 9.59. The summed E-state index contributed by atoms with van der Waals surface area (Å²) in [5, 5.41) is 4.03. The van der Waals surface area contributed by atoms with E-state index in [-0.39, 0.29) is 0 Å². The molecule has 82 valence electrons. The van der Waals surface area contributed by atoms with Gasteiger partial charge in [-0.25, -0.2) is 0 Å². The Hall–Kier alpha value is -0.860. The van der Waals surface area contributed by atoms with Crippen molar-refractivity contribution >= 4 is 12.0 Å². The van der Waals surface area contributed by atoms with Crippen molar-refractivity contribution in [3.05, 3.63) is 0 Å². The van der Waals surface area contributed by atoms with E-state index in [0.29, 0.717) is 13.0 Å². The summed E-state index contributed by atoms with van der Waals surface area (Å²) in [4.78, 5) is 15.2. The van der Waals surface area contributed by atoms with Gasteiger partial charge in [0.15, 0.2) is 0 Å². The molecule has 3 heteroatoms. The van der Waals surface area contributed by atoms with Crippen LogP contribution in [0, 0.1) is 0 Å². The molecule has 0 aromatic rings. The average molecular weight is 199 g/mol. The van der Waals surface area contributed by atoms with Gasteiger partial charge in [0.05, 0.1) is 5.71 Å². The third-order valence-corrected chi connectivity index (χ3v) is 2.07. The maximum absolute atomic E-state index is 10.0. The highest BCUT2D eigenvalue weighted by molar-refractivity contribution is 5.83. The fourth-order valence-corrected chi connectivity index (χ4v) is 1.09. The van der Waals surface area contributed by atoms with Crippen molar-refractivity contribution in [3.63, 3.8) is 0 Å². The maximum Gasteiger partial charge on any atom is 0.119 e. The van der Waals surface area contributed by atoms with Crippen molar-refractivity contribution in [2.45, 2.75) is 52.4 Å². The molecule has 0 aromatic heterocycles. The molecule has 0 saturated heterocycles. The SMILES string of the molecule is CCC(CC)=NOCCCCCC=O. The Morgan fingerprint density at radius 1 is 1.21 bits per heavy atom. The number of unbranched alkanes of at least 4 members (excludes halogenated alkanes) is 3. The minimum Gasteiger partial charge on any atom is -0.396 e. The third kappa shape index (κ3) is 7.77. The largest absolute Gasteiger partial charge is 0.396 e. The fraction of sp³-hybridized carbons (Fsp3) is 0.818. The highest BCUT2D eigenvalue weighted by Crippen LogP contribution is 1.99. The van der Waals surface area contributed by atoms with E-state index in [1.165, 1.54) is 0 Å². The van der Waals surface area contributed by atoms with Crippen molar-refractivity contribution in [2.75, 3.05) is 6.61 Å². The van der Waals surface area contributed by atoms with Crippen LogP contribution >= 0.6 is 0 Å². The molecule has 0 aliphatic rings. The second kappa shape index (κ2) is 10.2. The predicted molar refractivity (Wildman–Crippen MR) is 58.5 cm³/mol. The lowest BCUT2D eigenvalue weighted by molar-refractivity contribution is -0.107. The maximum atomic E-state index is 10.0. The molecule has 0 rings (SSSR count). The highest BCUT2D eigenvalue weighted by atomic mass is 16.6. The zero-order valence-corrected chi connectivity index (χ0v) is 9.29. The van der Waals surface area contributed by atoms with E-state index < -0.39 is 0 Å². The van der Waals surface area contributed by atoms with Crippen molar-refractivity contribution in [2.24, 2.45) is 5.16 Å². The number of carbonyl (C=O) groups excluding carboxylic acids is 1. The number of hydrogen-bond donors (Lipinski definition) is 0. The molecule has 0 atom stereocenters. The van der Waals surface area contributed by atoms with Crippen LogP contribution in [-0.4, -0.2) is 18.6 Å². The molecule has 0 radical (unpaired) electrons.